The Morgan fingerprint density at radius 3 is 2.26 bits per heavy atom. The summed E-state index contributed by atoms with van der Waals surface area (Å²) in [5.41, 5.74) is 4.40. The first-order chi connectivity index (χ1) is 15.3. The fourth-order valence-electron chi connectivity index (χ4n) is 3.69. The van der Waals surface area contributed by atoms with E-state index in [1.165, 1.54) is 11.3 Å². The van der Waals surface area contributed by atoms with Crippen molar-refractivity contribution in [2.75, 3.05) is 6.61 Å². The van der Waals surface area contributed by atoms with Crippen molar-refractivity contribution in [2.45, 2.75) is 6.92 Å². The Morgan fingerprint density at radius 1 is 0.903 bits per heavy atom. The number of para-hydroxylation sites is 1. The highest BCUT2D eigenvalue weighted by molar-refractivity contribution is 7.15. The molecule has 0 aliphatic carbocycles. The van der Waals surface area contributed by atoms with E-state index in [-0.39, 0.29) is 5.56 Å². The molecule has 0 bridgehead atoms. The molecule has 0 fully saturated rings. The minimum atomic E-state index is -0.0696. The number of ether oxygens (including phenoxy) is 1. The average Bonchev–Trinajstić information content (AvgIpc) is 3.33. The molecule has 0 aliphatic heterocycles. The van der Waals surface area contributed by atoms with Crippen LogP contribution in [0.4, 0.5) is 0 Å². The molecule has 0 N–H and O–H groups in total. The van der Waals surface area contributed by atoms with E-state index in [1.807, 2.05) is 97.9 Å². The smallest absolute Gasteiger partial charge is 0.274 e. The normalized spacial score (nSPS) is 11.8. The van der Waals surface area contributed by atoms with Gasteiger partial charge in [-0.3, -0.25) is 4.79 Å². The van der Waals surface area contributed by atoms with Gasteiger partial charge in [0.25, 0.3) is 5.56 Å². The van der Waals surface area contributed by atoms with Crippen LogP contribution in [0, 0.1) is 0 Å². The lowest BCUT2D eigenvalue weighted by Crippen LogP contribution is -2.23. The number of thiazole rings is 1. The monoisotopic (exact) mass is 424 g/mol. The Bertz CT molecular complexity index is 1450. The summed E-state index contributed by atoms with van der Waals surface area (Å²) in [6.07, 6.45) is 1.89. The number of hydrogen-bond donors (Lipinski definition) is 0. The van der Waals surface area contributed by atoms with Gasteiger partial charge in [0.15, 0.2) is 4.96 Å². The molecule has 152 valence electrons. The summed E-state index contributed by atoms with van der Waals surface area (Å²) in [5.74, 6) is 0.767. The van der Waals surface area contributed by atoms with Crippen LogP contribution in [0.2, 0.25) is 0 Å². The predicted molar refractivity (Wildman–Crippen MR) is 127 cm³/mol. The van der Waals surface area contributed by atoms with Crippen LogP contribution in [-0.2, 0) is 0 Å². The molecule has 5 rings (SSSR count). The van der Waals surface area contributed by atoms with Gasteiger partial charge in [-0.05, 0) is 19.1 Å². The minimum absolute atomic E-state index is 0.0696. The number of imidazole rings is 1. The molecule has 0 saturated carbocycles. The predicted octanol–water partition coefficient (Wildman–Crippen LogP) is 5.04. The molecule has 0 atom stereocenters. The average molecular weight is 425 g/mol. The van der Waals surface area contributed by atoms with Crippen molar-refractivity contribution < 1.29 is 4.74 Å². The van der Waals surface area contributed by atoms with E-state index >= 15 is 0 Å². The van der Waals surface area contributed by atoms with Gasteiger partial charge in [-0.15, -0.1) is 0 Å². The zero-order valence-electron chi connectivity index (χ0n) is 17.0. The zero-order valence-corrected chi connectivity index (χ0v) is 17.8. The van der Waals surface area contributed by atoms with Gasteiger partial charge in [0.05, 0.1) is 22.5 Å². The van der Waals surface area contributed by atoms with Gasteiger partial charge in [-0.2, -0.15) is 0 Å². The van der Waals surface area contributed by atoms with Gasteiger partial charge in [-0.25, -0.2) is 9.38 Å². The van der Waals surface area contributed by atoms with Gasteiger partial charge >= 0.3 is 0 Å². The van der Waals surface area contributed by atoms with E-state index in [0.29, 0.717) is 16.1 Å². The first-order valence-corrected chi connectivity index (χ1v) is 11.0. The topological polar surface area (TPSA) is 43.6 Å². The van der Waals surface area contributed by atoms with Crippen LogP contribution >= 0.6 is 11.3 Å². The standard InChI is InChI=1S/C26H20N2O2S/c1-2-30-21-16-10-9-15-20(21)17-22-25(29)28-24(19-13-7-4-8-14-19)23(27-26(28)31-22)18-11-5-3-6-12-18/h3-17H,2H2,1H3/b22-17+. The van der Waals surface area contributed by atoms with Crippen LogP contribution in [0.3, 0.4) is 0 Å². The molecule has 5 heteroatoms. The first kappa shape index (κ1) is 19.3. The third-order valence-corrected chi connectivity index (χ3v) is 6.03. The molecule has 0 amide bonds. The Labute approximate surface area is 183 Å². The van der Waals surface area contributed by atoms with Crippen molar-refractivity contribution in [1.82, 2.24) is 9.38 Å². The Morgan fingerprint density at radius 2 is 1.55 bits per heavy atom. The maximum absolute atomic E-state index is 13.5. The van der Waals surface area contributed by atoms with E-state index in [9.17, 15) is 4.79 Å². The number of hydrogen-bond acceptors (Lipinski definition) is 4. The molecule has 4 nitrogen and oxygen atoms in total. The Kier molecular flexibility index (Phi) is 5.10. The first-order valence-electron chi connectivity index (χ1n) is 10.2. The second-order valence-corrected chi connectivity index (χ2v) is 8.05. The van der Waals surface area contributed by atoms with E-state index in [4.69, 9.17) is 9.72 Å². The summed E-state index contributed by atoms with van der Waals surface area (Å²) in [6, 6.07) is 27.7. The van der Waals surface area contributed by atoms with Gasteiger partial charge in [-0.1, -0.05) is 90.2 Å². The van der Waals surface area contributed by atoms with E-state index < -0.39 is 0 Å². The molecule has 0 spiro atoms. The second kappa shape index (κ2) is 8.20. The lowest BCUT2D eigenvalue weighted by Gasteiger charge is -2.05. The maximum atomic E-state index is 13.5. The van der Waals surface area contributed by atoms with Crippen molar-refractivity contribution in [3.05, 3.63) is 105 Å². The third-order valence-electron chi connectivity index (χ3n) is 5.06. The summed E-state index contributed by atoms with van der Waals surface area (Å²) < 4.78 is 8.09. The molecule has 2 heterocycles. The van der Waals surface area contributed by atoms with Crippen LogP contribution in [0.5, 0.6) is 5.75 Å². The second-order valence-electron chi connectivity index (χ2n) is 7.05. The maximum Gasteiger partial charge on any atom is 0.274 e. The van der Waals surface area contributed by atoms with Crippen molar-refractivity contribution in [2.24, 2.45) is 0 Å². The van der Waals surface area contributed by atoms with E-state index in [1.54, 1.807) is 4.40 Å². The van der Waals surface area contributed by atoms with Crippen LogP contribution in [0.1, 0.15) is 12.5 Å². The highest BCUT2D eigenvalue weighted by atomic mass is 32.1. The molecule has 0 saturated heterocycles. The van der Waals surface area contributed by atoms with Crippen LogP contribution in [-0.4, -0.2) is 16.0 Å². The highest BCUT2D eigenvalue weighted by Crippen LogP contribution is 2.32. The third kappa shape index (κ3) is 3.53. The molecule has 2 aromatic heterocycles. The van der Waals surface area contributed by atoms with Gasteiger partial charge in [0.1, 0.15) is 5.75 Å². The fraction of sp³-hybridized carbons (Fsp3) is 0.0769. The van der Waals surface area contributed by atoms with E-state index in [0.717, 1.165) is 33.8 Å². The molecular weight excluding hydrogens is 404 g/mol. The SMILES string of the molecule is CCOc1ccccc1/C=c1/sc2nc(-c3ccccc3)c(-c3ccccc3)n2c1=O. The van der Waals surface area contributed by atoms with E-state index in [2.05, 4.69) is 0 Å². The molecular formula is C26H20N2O2S. The summed E-state index contributed by atoms with van der Waals surface area (Å²) in [5, 5.41) is 0. The largest absolute Gasteiger partial charge is 0.493 e. The Hall–Kier alpha value is -3.70. The lowest BCUT2D eigenvalue weighted by molar-refractivity contribution is 0.339. The number of fused-ring (bicyclic) bond motifs is 1. The van der Waals surface area contributed by atoms with Gasteiger partial charge in [0, 0.05) is 16.7 Å². The minimum Gasteiger partial charge on any atom is -0.493 e. The molecule has 31 heavy (non-hydrogen) atoms. The number of aromatic nitrogens is 2. The summed E-state index contributed by atoms with van der Waals surface area (Å²) in [4.78, 5) is 19.1. The van der Waals surface area contributed by atoms with Crippen molar-refractivity contribution in [3.63, 3.8) is 0 Å². The molecule has 0 radical (unpaired) electrons. The number of benzene rings is 3. The summed E-state index contributed by atoms with van der Waals surface area (Å²) >= 11 is 1.40. The van der Waals surface area contributed by atoms with Crippen molar-refractivity contribution in [3.8, 4) is 28.3 Å². The molecule has 3 aromatic carbocycles. The summed E-state index contributed by atoms with van der Waals surface area (Å²) in [6.45, 7) is 2.52. The van der Waals surface area contributed by atoms with Crippen LogP contribution < -0.4 is 14.8 Å². The molecule has 0 unspecified atom stereocenters. The number of nitrogens with zero attached hydrogens (tertiary/aromatic N) is 2. The molecule has 0 aliphatic rings. The highest BCUT2D eigenvalue weighted by Gasteiger charge is 2.20. The lowest BCUT2D eigenvalue weighted by atomic mass is 10.1. The fourth-order valence-corrected chi connectivity index (χ4v) is 4.65. The van der Waals surface area contributed by atoms with Gasteiger partial charge < -0.3 is 4.74 Å². The quantitative estimate of drug-likeness (QED) is 0.397. The Balaban J connectivity index is 1.77. The summed E-state index contributed by atoms with van der Waals surface area (Å²) in [7, 11) is 0. The van der Waals surface area contributed by atoms with Crippen LogP contribution in [0.15, 0.2) is 89.7 Å². The zero-order chi connectivity index (χ0) is 21.2. The van der Waals surface area contributed by atoms with Gasteiger partial charge in [0.2, 0.25) is 0 Å². The van der Waals surface area contributed by atoms with Crippen LogP contribution in [0.25, 0.3) is 33.6 Å². The number of rotatable bonds is 5. The molecule has 5 aromatic rings. The van der Waals surface area contributed by atoms with Crippen molar-refractivity contribution in [1.29, 1.82) is 0 Å². The van der Waals surface area contributed by atoms with Crippen molar-refractivity contribution >= 4 is 22.4 Å².